The van der Waals surface area contributed by atoms with Crippen molar-refractivity contribution in [1.82, 2.24) is 9.80 Å². The van der Waals surface area contributed by atoms with Crippen molar-refractivity contribution in [3.63, 3.8) is 0 Å². The number of alkyl halides is 4. The van der Waals surface area contributed by atoms with Crippen LogP contribution in [0.2, 0.25) is 0 Å². The summed E-state index contributed by atoms with van der Waals surface area (Å²) >= 11 is 1.78. The molecule has 1 atom stereocenters. The molecule has 1 saturated heterocycles. The third-order valence-electron chi connectivity index (χ3n) is 3.60. The summed E-state index contributed by atoms with van der Waals surface area (Å²) in [5.74, 6) is -4.06. The first-order chi connectivity index (χ1) is 10.4. The van der Waals surface area contributed by atoms with Gasteiger partial charge in [-0.3, -0.25) is 9.89 Å². The Morgan fingerprint density at radius 3 is 2.55 bits per heavy atom. The molecule has 0 aliphatic carbocycles. The Balaban J connectivity index is 1.60. The second kappa shape index (κ2) is 7.83. The smallest absolute Gasteiger partial charge is 0.330 e. The lowest BCUT2D eigenvalue weighted by atomic mass is 10.3. The van der Waals surface area contributed by atoms with Crippen molar-refractivity contribution in [2.45, 2.75) is 24.5 Å². The molecular weight excluding hydrogens is 322 g/mol. The molecule has 2 aliphatic heterocycles. The zero-order valence-electron chi connectivity index (χ0n) is 12.5. The number of rotatable bonds is 6. The van der Waals surface area contributed by atoms with Crippen LogP contribution in [-0.2, 0) is 4.74 Å². The number of piperazine rings is 1. The predicted molar refractivity (Wildman–Crippen MR) is 79.1 cm³/mol. The summed E-state index contributed by atoms with van der Waals surface area (Å²) in [7, 11) is 0. The molecule has 0 aromatic carbocycles. The monoisotopic (exact) mass is 343 g/mol. The van der Waals surface area contributed by atoms with Crippen LogP contribution < -0.4 is 0 Å². The molecule has 4 nitrogen and oxygen atoms in total. The van der Waals surface area contributed by atoms with Crippen LogP contribution in [0.1, 0.15) is 6.92 Å². The lowest BCUT2D eigenvalue weighted by molar-refractivity contribution is -0.166. The average molecular weight is 343 g/mol. The van der Waals surface area contributed by atoms with Crippen molar-refractivity contribution in [1.29, 1.82) is 0 Å². The normalized spacial score (nSPS) is 24.2. The Kier molecular flexibility index (Phi) is 6.34. The average Bonchev–Trinajstić information content (AvgIpc) is 2.91. The third-order valence-corrected chi connectivity index (χ3v) is 4.75. The minimum absolute atomic E-state index is 0.0367. The zero-order valence-corrected chi connectivity index (χ0v) is 13.3. The number of halogens is 4. The minimum Gasteiger partial charge on any atom is -0.374 e. The van der Waals surface area contributed by atoms with E-state index in [9.17, 15) is 17.6 Å². The highest BCUT2D eigenvalue weighted by atomic mass is 32.2. The van der Waals surface area contributed by atoms with E-state index in [1.807, 2.05) is 0 Å². The second-order valence-electron chi connectivity index (χ2n) is 5.49. The summed E-state index contributed by atoms with van der Waals surface area (Å²) in [5, 5.41) is 1.61. The molecule has 0 amide bonds. The van der Waals surface area contributed by atoms with Crippen LogP contribution in [0.5, 0.6) is 0 Å². The molecule has 0 aromatic rings. The van der Waals surface area contributed by atoms with Crippen LogP contribution in [0.15, 0.2) is 4.99 Å². The molecule has 9 heteroatoms. The largest absolute Gasteiger partial charge is 0.374 e. The van der Waals surface area contributed by atoms with Gasteiger partial charge in [-0.25, -0.2) is 8.78 Å². The number of hydrogen-bond acceptors (Lipinski definition) is 5. The van der Waals surface area contributed by atoms with E-state index in [0.29, 0.717) is 11.8 Å². The summed E-state index contributed by atoms with van der Waals surface area (Å²) in [4.78, 5) is 8.81. The maximum Gasteiger partial charge on any atom is 0.330 e. The lowest BCUT2D eigenvalue weighted by Gasteiger charge is -2.35. The fraction of sp³-hybridized carbons (Fsp3) is 0.923. The number of thioether (sulfide) groups is 1. The molecule has 0 radical (unpaired) electrons. The van der Waals surface area contributed by atoms with Gasteiger partial charge in [-0.2, -0.15) is 8.78 Å². The van der Waals surface area contributed by atoms with E-state index in [1.165, 1.54) is 0 Å². The van der Waals surface area contributed by atoms with Gasteiger partial charge < -0.3 is 9.64 Å². The quantitative estimate of drug-likeness (QED) is 0.545. The van der Waals surface area contributed by atoms with E-state index in [0.717, 1.165) is 37.9 Å². The van der Waals surface area contributed by atoms with Gasteiger partial charge in [0.05, 0.1) is 13.2 Å². The van der Waals surface area contributed by atoms with Crippen molar-refractivity contribution in [2.24, 2.45) is 4.99 Å². The first kappa shape index (κ1) is 17.8. The molecule has 22 heavy (non-hydrogen) atoms. The Morgan fingerprint density at radius 1 is 1.32 bits per heavy atom. The molecule has 0 spiro atoms. The lowest BCUT2D eigenvalue weighted by Crippen LogP contribution is -2.48. The second-order valence-corrected chi connectivity index (χ2v) is 6.90. The topological polar surface area (TPSA) is 28.1 Å². The van der Waals surface area contributed by atoms with Gasteiger partial charge in [-0.15, -0.1) is 0 Å². The van der Waals surface area contributed by atoms with Crippen LogP contribution >= 0.6 is 11.8 Å². The summed E-state index contributed by atoms with van der Waals surface area (Å²) in [5.41, 5.74) is 0. The van der Waals surface area contributed by atoms with Crippen molar-refractivity contribution < 1.29 is 22.3 Å². The molecule has 128 valence electrons. The number of nitrogens with zero attached hydrogens (tertiary/aromatic N) is 3. The molecule has 0 bridgehead atoms. The summed E-state index contributed by atoms with van der Waals surface area (Å²) in [6.07, 6.45) is -3.68. The fourth-order valence-electron chi connectivity index (χ4n) is 2.26. The van der Waals surface area contributed by atoms with Crippen molar-refractivity contribution in [3.8, 4) is 0 Å². The molecule has 1 fully saturated rings. The number of amidine groups is 1. The van der Waals surface area contributed by atoms with Gasteiger partial charge in [0.2, 0.25) is 0 Å². The molecule has 0 unspecified atom stereocenters. The van der Waals surface area contributed by atoms with Gasteiger partial charge >= 0.3 is 12.3 Å². The van der Waals surface area contributed by atoms with E-state index >= 15 is 0 Å². The van der Waals surface area contributed by atoms with Gasteiger partial charge in [0.1, 0.15) is 6.61 Å². The fourth-order valence-corrected chi connectivity index (χ4v) is 3.25. The first-order valence-corrected chi connectivity index (χ1v) is 8.18. The Morgan fingerprint density at radius 2 is 2.00 bits per heavy atom. The van der Waals surface area contributed by atoms with Crippen molar-refractivity contribution >= 4 is 16.9 Å². The van der Waals surface area contributed by atoms with Crippen LogP contribution in [0.25, 0.3) is 0 Å². The zero-order chi connectivity index (χ0) is 16.2. The summed E-state index contributed by atoms with van der Waals surface area (Å²) in [6.45, 7) is 5.55. The SMILES string of the molecule is C[C@H]1CN=C(N2CCN(CCOCC(F)(F)C(F)F)CC2)S1. The maximum absolute atomic E-state index is 12.7. The molecular formula is C13H21F4N3OS. The summed E-state index contributed by atoms with van der Waals surface area (Å²) < 4.78 is 53.9. The van der Waals surface area contributed by atoms with E-state index in [4.69, 9.17) is 4.74 Å². The Hall–Kier alpha value is -0.540. The van der Waals surface area contributed by atoms with Gasteiger partial charge in [-0.1, -0.05) is 18.7 Å². The van der Waals surface area contributed by atoms with E-state index in [-0.39, 0.29) is 6.61 Å². The first-order valence-electron chi connectivity index (χ1n) is 7.30. The van der Waals surface area contributed by atoms with Gasteiger partial charge in [0.15, 0.2) is 5.17 Å². The van der Waals surface area contributed by atoms with Crippen LogP contribution in [0.4, 0.5) is 17.6 Å². The van der Waals surface area contributed by atoms with E-state index < -0.39 is 19.0 Å². The summed E-state index contributed by atoms with van der Waals surface area (Å²) in [6, 6.07) is 0. The Bertz CT molecular complexity index is 389. The maximum atomic E-state index is 12.7. The van der Waals surface area contributed by atoms with Crippen molar-refractivity contribution in [2.75, 3.05) is 52.5 Å². The van der Waals surface area contributed by atoms with Crippen LogP contribution in [0.3, 0.4) is 0 Å². The third kappa shape index (κ3) is 4.99. The molecule has 2 rings (SSSR count). The highest BCUT2D eigenvalue weighted by Crippen LogP contribution is 2.24. The molecule has 0 N–H and O–H groups in total. The minimum atomic E-state index is -4.06. The highest BCUT2D eigenvalue weighted by molar-refractivity contribution is 8.14. The van der Waals surface area contributed by atoms with Gasteiger partial charge in [0, 0.05) is 38.0 Å². The van der Waals surface area contributed by atoms with Gasteiger partial charge in [0.25, 0.3) is 0 Å². The standard InChI is InChI=1S/C13H21F4N3OS/c1-10-8-18-12(22-10)20-4-2-19(3-5-20)6-7-21-9-13(16,17)11(14)15/h10-11H,2-9H2,1H3/t10-/m0/s1. The highest BCUT2D eigenvalue weighted by Gasteiger charge is 2.40. The van der Waals surface area contributed by atoms with Crippen LogP contribution in [-0.4, -0.2) is 85.0 Å². The van der Waals surface area contributed by atoms with E-state index in [2.05, 4.69) is 21.7 Å². The molecule has 0 saturated carbocycles. The molecule has 0 aromatic heterocycles. The van der Waals surface area contributed by atoms with Gasteiger partial charge in [-0.05, 0) is 0 Å². The van der Waals surface area contributed by atoms with E-state index in [1.54, 1.807) is 11.8 Å². The number of hydrogen-bond donors (Lipinski definition) is 0. The van der Waals surface area contributed by atoms with Crippen LogP contribution in [0, 0.1) is 0 Å². The van der Waals surface area contributed by atoms with Crippen molar-refractivity contribution in [3.05, 3.63) is 0 Å². The predicted octanol–water partition coefficient (Wildman–Crippen LogP) is 2.01. The molecule has 2 heterocycles. The number of ether oxygens (including phenoxy) is 1. The molecule has 2 aliphatic rings. The Labute approximate surface area is 131 Å². The number of aliphatic imine (C=N–C) groups is 1.